The molecule has 0 fully saturated rings. The van der Waals surface area contributed by atoms with E-state index in [1.807, 2.05) is 36.4 Å². The number of benzene rings is 4. The number of rotatable bonds is 6. The maximum absolute atomic E-state index is 9.98. The van der Waals surface area contributed by atoms with Crippen LogP contribution >= 0.6 is 0 Å². The van der Waals surface area contributed by atoms with Gasteiger partial charge in [-0.05, 0) is 66.8 Å². The summed E-state index contributed by atoms with van der Waals surface area (Å²) < 4.78 is 10.7. The average molecular weight is 569 g/mol. The number of ether oxygens (including phenoxy) is 2. The van der Waals surface area contributed by atoms with Crippen molar-refractivity contribution in [1.82, 2.24) is 0 Å². The standard InChI is InChI=1S/C14H14O3.C13H10.2C4H6O2/c1-14(15,16-12-8-4-2-5-9-12)17-13-10-6-3-7-11-13;1-3-7-12-10(5-1)9-11-6-2-4-8-13(11)12;2*1-3(2)4(5)6/h2-11,15H,1H3;1-8H,9H2;2*1H2,2H3,(H,5,6). The lowest BCUT2D eigenvalue weighted by Gasteiger charge is -2.25. The Labute approximate surface area is 246 Å². The van der Waals surface area contributed by atoms with Crippen LogP contribution in [0.3, 0.4) is 0 Å². The van der Waals surface area contributed by atoms with Crippen molar-refractivity contribution in [1.29, 1.82) is 0 Å². The molecule has 0 aromatic heterocycles. The van der Waals surface area contributed by atoms with Crippen LogP contribution in [0.25, 0.3) is 11.1 Å². The number of aliphatic carboxylic acids is 2. The lowest BCUT2D eigenvalue weighted by Crippen LogP contribution is -2.38. The largest absolute Gasteiger partial charge is 0.478 e. The first-order valence-corrected chi connectivity index (χ1v) is 13.0. The summed E-state index contributed by atoms with van der Waals surface area (Å²) in [6.07, 6.45) is 1.10. The van der Waals surface area contributed by atoms with Crippen LogP contribution in [0.15, 0.2) is 133 Å². The topological polar surface area (TPSA) is 113 Å². The van der Waals surface area contributed by atoms with Crippen molar-refractivity contribution in [2.75, 3.05) is 0 Å². The highest BCUT2D eigenvalue weighted by molar-refractivity contribution is 5.85. The first kappa shape index (κ1) is 33.1. The third kappa shape index (κ3) is 11.5. The first-order valence-electron chi connectivity index (χ1n) is 13.0. The number of carbonyl (C=O) groups is 2. The van der Waals surface area contributed by atoms with E-state index in [0.717, 1.165) is 6.42 Å². The van der Waals surface area contributed by atoms with Crippen LogP contribution in [-0.2, 0) is 16.0 Å². The van der Waals surface area contributed by atoms with Crippen molar-refractivity contribution >= 4 is 11.9 Å². The minimum atomic E-state index is -1.69. The van der Waals surface area contributed by atoms with Crippen molar-refractivity contribution in [3.8, 4) is 22.6 Å². The number of hydrogen-bond acceptors (Lipinski definition) is 5. The zero-order valence-corrected chi connectivity index (χ0v) is 24.0. The maximum atomic E-state index is 9.98. The van der Waals surface area contributed by atoms with Gasteiger partial charge in [-0.25, -0.2) is 9.59 Å². The van der Waals surface area contributed by atoms with Gasteiger partial charge in [0.15, 0.2) is 0 Å². The van der Waals surface area contributed by atoms with E-state index >= 15 is 0 Å². The van der Waals surface area contributed by atoms with Crippen molar-refractivity contribution in [2.24, 2.45) is 0 Å². The molecular formula is C35H36O7. The molecule has 0 aliphatic heterocycles. The molecular weight excluding hydrogens is 532 g/mol. The normalized spacial score (nSPS) is 10.4. The average Bonchev–Trinajstić information content (AvgIpc) is 3.33. The molecule has 7 heteroatoms. The maximum Gasteiger partial charge on any atom is 0.366 e. The Balaban J connectivity index is 0.000000217. The summed E-state index contributed by atoms with van der Waals surface area (Å²) in [5, 5.41) is 25.8. The molecule has 0 heterocycles. The number of carboxylic acid groups (broad SMARTS) is 2. The van der Waals surface area contributed by atoms with E-state index in [1.54, 1.807) is 24.3 Å². The third-order valence-electron chi connectivity index (χ3n) is 5.54. The smallest absolute Gasteiger partial charge is 0.366 e. The fraction of sp³-hybridized carbons (Fsp3) is 0.143. The summed E-state index contributed by atoms with van der Waals surface area (Å²) in [5.41, 5.74) is 6.11. The summed E-state index contributed by atoms with van der Waals surface area (Å²) >= 11 is 0. The van der Waals surface area contributed by atoms with Crippen molar-refractivity contribution in [3.05, 3.63) is 145 Å². The number of para-hydroxylation sites is 2. The fourth-order valence-electron chi connectivity index (χ4n) is 3.51. The van der Waals surface area contributed by atoms with Crippen molar-refractivity contribution in [3.63, 3.8) is 0 Å². The molecule has 0 amide bonds. The Hall–Kier alpha value is -5.14. The van der Waals surface area contributed by atoms with E-state index < -0.39 is 17.9 Å². The molecule has 5 rings (SSSR count). The Bertz CT molecular complexity index is 1340. The molecule has 4 aromatic rings. The molecule has 0 spiro atoms. The number of aliphatic hydroxyl groups is 1. The van der Waals surface area contributed by atoms with Crippen molar-refractivity contribution in [2.45, 2.75) is 33.2 Å². The third-order valence-corrected chi connectivity index (χ3v) is 5.54. The SMILES string of the molecule is C=C(C)C(=O)O.C=C(C)C(=O)O.CC(O)(Oc1ccccc1)Oc1ccccc1.c1ccc2c(c1)Cc1ccccc1-2. The van der Waals surface area contributed by atoms with Crippen LogP contribution in [0.5, 0.6) is 11.5 Å². The van der Waals surface area contributed by atoms with Gasteiger partial charge in [0.05, 0.1) is 0 Å². The summed E-state index contributed by atoms with van der Waals surface area (Å²) in [4.78, 5) is 19.2. The van der Waals surface area contributed by atoms with Gasteiger partial charge in [0.2, 0.25) is 0 Å². The Morgan fingerprint density at radius 3 is 1.21 bits per heavy atom. The molecule has 0 saturated carbocycles. The van der Waals surface area contributed by atoms with E-state index in [9.17, 15) is 14.7 Å². The van der Waals surface area contributed by atoms with Crippen LogP contribution in [0.1, 0.15) is 31.9 Å². The molecule has 7 nitrogen and oxygen atoms in total. The zero-order chi connectivity index (χ0) is 31.1. The van der Waals surface area contributed by atoms with E-state index in [-0.39, 0.29) is 11.1 Å². The van der Waals surface area contributed by atoms with E-state index in [1.165, 1.54) is 43.0 Å². The van der Waals surface area contributed by atoms with Gasteiger partial charge in [0.1, 0.15) is 11.5 Å². The van der Waals surface area contributed by atoms with Gasteiger partial charge < -0.3 is 24.8 Å². The molecule has 1 aliphatic rings. The van der Waals surface area contributed by atoms with Gasteiger partial charge in [-0.3, -0.25) is 0 Å². The zero-order valence-electron chi connectivity index (χ0n) is 24.0. The number of fused-ring (bicyclic) bond motifs is 3. The van der Waals surface area contributed by atoms with Gasteiger partial charge in [0.25, 0.3) is 0 Å². The molecule has 218 valence electrons. The second-order valence-electron chi connectivity index (χ2n) is 9.39. The second kappa shape index (κ2) is 16.2. The van der Waals surface area contributed by atoms with Gasteiger partial charge in [-0.2, -0.15) is 0 Å². The first-order chi connectivity index (χ1) is 19.9. The quantitative estimate of drug-likeness (QED) is 0.145. The van der Waals surface area contributed by atoms with E-state index in [4.69, 9.17) is 19.7 Å². The van der Waals surface area contributed by atoms with Crippen LogP contribution in [0.4, 0.5) is 0 Å². The second-order valence-corrected chi connectivity index (χ2v) is 9.39. The Morgan fingerprint density at radius 1 is 0.619 bits per heavy atom. The summed E-state index contributed by atoms with van der Waals surface area (Å²) in [7, 11) is 0. The number of hydrogen-bond donors (Lipinski definition) is 3. The molecule has 4 aromatic carbocycles. The molecule has 0 saturated heterocycles. The lowest BCUT2D eigenvalue weighted by atomic mass is 10.1. The Morgan fingerprint density at radius 2 is 0.905 bits per heavy atom. The number of carboxylic acids is 2. The predicted molar refractivity (Wildman–Crippen MR) is 164 cm³/mol. The van der Waals surface area contributed by atoms with Gasteiger partial charge >= 0.3 is 17.9 Å². The van der Waals surface area contributed by atoms with E-state index in [0.29, 0.717) is 11.5 Å². The molecule has 0 radical (unpaired) electrons. The fourth-order valence-corrected chi connectivity index (χ4v) is 3.51. The summed E-state index contributed by atoms with van der Waals surface area (Å²) in [6, 6.07) is 35.4. The van der Waals surface area contributed by atoms with Gasteiger partial charge in [-0.15, -0.1) is 0 Å². The summed E-state index contributed by atoms with van der Waals surface area (Å²) in [5.74, 6) is -2.46. The minimum Gasteiger partial charge on any atom is -0.478 e. The molecule has 0 atom stereocenters. The highest BCUT2D eigenvalue weighted by Crippen LogP contribution is 2.35. The van der Waals surface area contributed by atoms with Crippen LogP contribution in [0.2, 0.25) is 0 Å². The van der Waals surface area contributed by atoms with Crippen LogP contribution < -0.4 is 9.47 Å². The van der Waals surface area contributed by atoms with Gasteiger partial charge in [-0.1, -0.05) is 98.1 Å². The van der Waals surface area contributed by atoms with Crippen LogP contribution in [0, 0.1) is 0 Å². The lowest BCUT2D eigenvalue weighted by molar-refractivity contribution is -0.258. The monoisotopic (exact) mass is 568 g/mol. The molecule has 42 heavy (non-hydrogen) atoms. The highest BCUT2D eigenvalue weighted by Gasteiger charge is 2.24. The van der Waals surface area contributed by atoms with Gasteiger partial charge in [0, 0.05) is 18.1 Å². The van der Waals surface area contributed by atoms with E-state index in [2.05, 4.69) is 61.7 Å². The van der Waals surface area contributed by atoms with Crippen molar-refractivity contribution < 1.29 is 34.4 Å². The molecule has 0 unspecified atom stereocenters. The molecule has 0 bridgehead atoms. The summed E-state index contributed by atoms with van der Waals surface area (Å²) in [6.45, 7) is 10.7. The predicted octanol–water partition coefficient (Wildman–Crippen LogP) is 7.36. The minimum absolute atomic E-state index is 0.176. The molecule has 1 aliphatic carbocycles. The Kier molecular flexibility index (Phi) is 12.8. The molecule has 3 N–H and O–H groups in total. The van der Waals surface area contributed by atoms with Crippen LogP contribution in [-0.4, -0.2) is 33.2 Å². The highest BCUT2D eigenvalue weighted by atomic mass is 16.8.